The second-order valence-corrected chi connectivity index (χ2v) is 9.15. The van der Waals surface area contributed by atoms with Crippen molar-refractivity contribution in [2.45, 2.75) is 60.0 Å². The van der Waals surface area contributed by atoms with Gasteiger partial charge in [-0.15, -0.1) is 0 Å². The Morgan fingerprint density at radius 2 is 1.71 bits per heavy atom. The summed E-state index contributed by atoms with van der Waals surface area (Å²) >= 11 is 0. The number of carbonyl (C=O) groups excluding carboxylic acids is 3. The van der Waals surface area contributed by atoms with Crippen molar-refractivity contribution >= 4 is 28.0 Å². The standard InChI is InChI=1S/C17H31NO9S/c1-7-17(22,15(21)27-26-14(20)12(2)3)16(5,6)11-25-28(23,24)10-8-9-18-13(4)19/h12,22H,7-11H2,1-6H3,(H,18,19)/t17-/m0/s1. The number of amides is 1. The highest BCUT2D eigenvalue weighted by Gasteiger charge is 2.51. The van der Waals surface area contributed by atoms with Crippen LogP contribution in [0.25, 0.3) is 0 Å². The Morgan fingerprint density at radius 3 is 2.18 bits per heavy atom. The lowest BCUT2D eigenvalue weighted by Gasteiger charge is -2.38. The average Bonchev–Trinajstić information content (AvgIpc) is 2.60. The smallest absolute Gasteiger partial charge is 0.377 e. The van der Waals surface area contributed by atoms with Gasteiger partial charge in [0.2, 0.25) is 5.91 Å². The van der Waals surface area contributed by atoms with Gasteiger partial charge < -0.3 is 10.4 Å². The Bertz CT molecular complexity index is 658. The zero-order chi connectivity index (χ0) is 22.2. The molecule has 0 fully saturated rings. The first-order valence-corrected chi connectivity index (χ1v) is 10.5. The van der Waals surface area contributed by atoms with Gasteiger partial charge in [-0.1, -0.05) is 34.6 Å². The molecule has 0 aromatic rings. The van der Waals surface area contributed by atoms with E-state index in [-0.39, 0.29) is 31.0 Å². The van der Waals surface area contributed by atoms with Gasteiger partial charge in [0.1, 0.15) is 0 Å². The van der Waals surface area contributed by atoms with Crippen LogP contribution in [-0.2, 0) is 38.5 Å². The summed E-state index contributed by atoms with van der Waals surface area (Å²) in [6, 6.07) is 0. The Hall–Kier alpha value is -1.72. The van der Waals surface area contributed by atoms with Crippen LogP contribution in [0.5, 0.6) is 0 Å². The van der Waals surface area contributed by atoms with Crippen LogP contribution in [0, 0.1) is 11.3 Å². The van der Waals surface area contributed by atoms with Gasteiger partial charge in [0.25, 0.3) is 10.1 Å². The molecule has 0 radical (unpaired) electrons. The molecule has 0 unspecified atom stereocenters. The van der Waals surface area contributed by atoms with Crippen LogP contribution in [0.4, 0.5) is 0 Å². The van der Waals surface area contributed by atoms with Gasteiger partial charge >= 0.3 is 11.9 Å². The second-order valence-electron chi connectivity index (χ2n) is 7.39. The third kappa shape index (κ3) is 8.11. The van der Waals surface area contributed by atoms with Crippen molar-refractivity contribution < 1.29 is 41.9 Å². The Labute approximate surface area is 166 Å². The van der Waals surface area contributed by atoms with E-state index in [0.717, 1.165) is 0 Å². The molecule has 0 bridgehead atoms. The molecule has 0 aliphatic rings. The zero-order valence-corrected chi connectivity index (χ0v) is 18.1. The zero-order valence-electron chi connectivity index (χ0n) is 17.2. The number of nitrogens with one attached hydrogen (secondary N) is 1. The SMILES string of the molecule is CC[C@](O)(C(=O)OOC(=O)C(C)C)C(C)(C)COS(=O)(=O)CCCNC(C)=O. The maximum Gasteiger partial charge on any atom is 0.387 e. The lowest BCUT2D eigenvalue weighted by Crippen LogP contribution is -2.54. The van der Waals surface area contributed by atoms with E-state index >= 15 is 0 Å². The first kappa shape index (κ1) is 26.3. The summed E-state index contributed by atoms with van der Waals surface area (Å²) in [6.07, 6.45) is 0.0115. The molecule has 0 heterocycles. The molecule has 0 aliphatic heterocycles. The molecule has 2 N–H and O–H groups in total. The predicted octanol–water partition coefficient (Wildman–Crippen LogP) is 0.684. The summed E-state index contributed by atoms with van der Waals surface area (Å²) in [5.41, 5.74) is -3.54. The summed E-state index contributed by atoms with van der Waals surface area (Å²) in [6.45, 7) is 8.41. The van der Waals surface area contributed by atoms with Crippen LogP contribution < -0.4 is 5.32 Å². The number of rotatable bonds is 11. The molecule has 0 rings (SSSR count). The van der Waals surface area contributed by atoms with Gasteiger partial charge in [0.15, 0.2) is 5.60 Å². The average molecular weight is 426 g/mol. The molecule has 28 heavy (non-hydrogen) atoms. The monoisotopic (exact) mass is 425 g/mol. The van der Waals surface area contributed by atoms with E-state index in [1.165, 1.54) is 41.5 Å². The molecule has 164 valence electrons. The van der Waals surface area contributed by atoms with Gasteiger partial charge in [-0.2, -0.15) is 8.42 Å². The number of hydrogen-bond donors (Lipinski definition) is 2. The lowest BCUT2D eigenvalue weighted by molar-refractivity contribution is -0.279. The van der Waals surface area contributed by atoms with Crippen molar-refractivity contribution in [3.8, 4) is 0 Å². The minimum atomic E-state index is -3.94. The normalized spacial score (nSPS) is 14.3. The number of hydrogen-bond acceptors (Lipinski definition) is 9. The molecule has 0 aliphatic carbocycles. The minimum Gasteiger partial charge on any atom is -0.377 e. The maximum absolute atomic E-state index is 12.3. The highest BCUT2D eigenvalue weighted by molar-refractivity contribution is 7.86. The van der Waals surface area contributed by atoms with Gasteiger partial charge in [-0.3, -0.25) is 8.98 Å². The van der Waals surface area contributed by atoms with Crippen molar-refractivity contribution in [2.24, 2.45) is 11.3 Å². The first-order valence-electron chi connectivity index (χ1n) is 8.95. The largest absolute Gasteiger partial charge is 0.387 e. The second kappa shape index (κ2) is 10.7. The molecule has 11 heteroatoms. The molecule has 1 amide bonds. The van der Waals surface area contributed by atoms with Gasteiger partial charge in [0, 0.05) is 18.9 Å². The molecule has 0 aromatic carbocycles. The maximum atomic E-state index is 12.3. The van der Waals surface area contributed by atoms with E-state index in [1.807, 2.05) is 0 Å². The fraction of sp³-hybridized carbons (Fsp3) is 0.824. The van der Waals surface area contributed by atoms with Crippen LogP contribution in [0.3, 0.4) is 0 Å². The number of aliphatic hydroxyl groups is 1. The van der Waals surface area contributed by atoms with Crippen molar-refractivity contribution in [2.75, 3.05) is 18.9 Å². The molecular weight excluding hydrogens is 394 g/mol. The van der Waals surface area contributed by atoms with E-state index in [4.69, 9.17) is 4.18 Å². The van der Waals surface area contributed by atoms with Crippen LogP contribution in [-0.4, -0.2) is 55.9 Å². The minimum absolute atomic E-state index is 0.135. The third-order valence-electron chi connectivity index (χ3n) is 4.18. The fourth-order valence-electron chi connectivity index (χ4n) is 2.07. The lowest BCUT2D eigenvalue weighted by atomic mass is 9.74. The van der Waals surface area contributed by atoms with Gasteiger partial charge in [-0.05, 0) is 12.8 Å². The predicted molar refractivity (Wildman–Crippen MR) is 99.1 cm³/mol. The Morgan fingerprint density at radius 1 is 1.14 bits per heavy atom. The summed E-state index contributed by atoms with van der Waals surface area (Å²) in [7, 11) is -3.94. The third-order valence-corrected chi connectivity index (χ3v) is 5.45. The van der Waals surface area contributed by atoms with E-state index in [0.29, 0.717) is 0 Å². The van der Waals surface area contributed by atoms with Crippen LogP contribution in [0.1, 0.15) is 54.4 Å². The summed E-state index contributed by atoms with van der Waals surface area (Å²) in [4.78, 5) is 43.3. The topological polar surface area (TPSA) is 145 Å². The van der Waals surface area contributed by atoms with Crippen molar-refractivity contribution in [3.63, 3.8) is 0 Å². The summed E-state index contributed by atoms with van der Waals surface area (Å²) < 4.78 is 28.9. The highest BCUT2D eigenvalue weighted by atomic mass is 32.2. The molecule has 0 spiro atoms. The van der Waals surface area contributed by atoms with Crippen LogP contribution >= 0.6 is 0 Å². The van der Waals surface area contributed by atoms with E-state index in [2.05, 4.69) is 15.1 Å². The van der Waals surface area contributed by atoms with Crippen molar-refractivity contribution in [1.82, 2.24) is 5.32 Å². The summed E-state index contributed by atoms with van der Waals surface area (Å²) in [5, 5.41) is 13.2. The summed E-state index contributed by atoms with van der Waals surface area (Å²) in [5.74, 6) is -3.17. The van der Waals surface area contributed by atoms with Crippen molar-refractivity contribution in [1.29, 1.82) is 0 Å². The number of carbonyl (C=O) groups is 3. The molecule has 0 aromatic heterocycles. The van der Waals surface area contributed by atoms with E-state index in [9.17, 15) is 27.9 Å². The molecule has 10 nitrogen and oxygen atoms in total. The first-order chi connectivity index (χ1) is 12.7. The van der Waals surface area contributed by atoms with E-state index in [1.54, 1.807) is 0 Å². The Kier molecular flexibility index (Phi) is 10.1. The highest BCUT2D eigenvalue weighted by Crippen LogP contribution is 2.36. The van der Waals surface area contributed by atoms with Crippen LogP contribution in [0.2, 0.25) is 0 Å². The quantitative estimate of drug-likeness (QED) is 0.211. The van der Waals surface area contributed by atoms with E-state index < -0.39 is 45.6 Å². The van der Waals surface area contributed by atoms with Crippen LogP contribution in [0.15, 0.2) is 0 Å². The Balaban J connectivity index is 4.93. The van der Waals surface area contributed by atoms with Crippen molar-refractivity contribution in [3.05, 3.63) is 0 Å². The molecular formula is C17H31NO9S. The fourth-order valence-corrected chi connectivity index (χ4v) is 3.16. The van der Waals surface area contributed by atoms with Gasteiger partial charge in [0.05, 0.1) is 18.3 Å². The molecule has 0 saturated heterocycles. The van der Waals surface area contributed by atoms with Gasteiger partial charge in [-0.25, -0.2) is 19.4 Å². The molecule has 1 atom stereocenters. The molecule has 0 saturated carbocycles.